The fourth-order valence-electron chi connectivity index (χ4n) is 1.76. The number of carbonyl (C=O) groups excluding carboxylic acids is 1. The molecule has 6 heteroatoms. The lowest BCUT2D eigenvalue weighted by atomic mass is 10.2. The number of nitriles is 1. The van der Waals surface area contributed by atoms with Crippen molar-refractivity contribution >= 4 is 11.6 Å². The van der Waals surface area contributed by atoms with Crippen molar-refractivity contribution in [3.8, 4) is 11.8 Å². The molecule has 0 fully saturated rings. The van der Waals surface area contributed by atoms with Crippen molar-refractivity contribution in [3.05, 3.63) is 23.8 Å². The highest BCUT2D eigenvalue weighted by atomic mass is 16.5. The number of ether oxygens (including phenoxy) is 2. The van der Waals surface area contributed by atoms with Crippen LogP contribution in [0.15, 0.2) is 18.2 Å². The maximum Gasteiger partial charge on any atom is 0.239 e. The smallest absolute Gasteiger partial charge is 0.239 e. The number of para-hydroxylation sites is 1. The van der Waals surface area contributed by atoms with Crippen LogP contribution in [0.3, 0.4) is 0 Å². The van der Waals surface area contributed by atoms with Gasteiger partial charge >= 0.3 is 0 Å². The van der Waals surface area contributed by atoms with E-state index in [9.17, 15) is 4.79 Å². The number of hydrogen-bond donors (Lipinski definition) is 2. The molecular formula is C14H19N3O3. The average Bonchev–Trinajstić information content (AvgIpc) is 2.44. The molecule has 0 heterocycles. The number of carbonyl (C=O) groups is 1. The Morgan fingerprint density at radius 2 is 2.20 bits per heavy atom. The molecule has 1 aromatic rings. The van der Waals surface area contributed by atoms with Crippen molar-refractivity contribution in [2.24, 2.45) is 0 Å². The minimum Gasteiger partial charge on any atom is -0.495 e. The Balaban J connectivity index is 2.66. The molecule has 0 spiro atoms. The number of amides is 1. The van der Waals surface area contributed by atoms with Gasteiger partial charge in [0.05, 0.1) is 31.5 Å². The van der Waals surface area contributed by atoms with Gasteiger partial charge in [-0.05, 0) is 19.1 Å². The molecule has 108 valence electrons. The first-order chi connectivity index (χ1) is 9.62. The van der Waals surface area contributed by atoms with Crippen LogP contribution in [-0.4, -0.2) is 39.3 Å². The summed E-state index contributed by atoms with van der Waals surface area (Å²) in [5.74, 6) is 0.353. The Morgan fingerprint density at radius 1 is 1.45 bits per heavy atom. The zero-order valence-corrected chi connectivity index (χ0v) is 11.9. The summed E-state index contributed by atoms with van der Waals surface area (Å²) < 4.78 is 10.1. The van der Waals surface area contributed by atoms with Crippen molar-refractivity contribution < 1.29 is 14.3 Å². The van der Waals surface area contributed by atoms with Gasteiger partial charge in [0.25, 0.3) is 0 Å². The van der Waals surface area contributed by atoms with Crippen LogP contribution in [0.5, 0.6) is 5.75 Å². The number of benzene rings is 1. The van der Waals surface area contributed by atoms with Gasteiger partial charge in [-0.1, -0.05) is 6.07 Å². The van der Waals surface area contributed by atoms with E-state index >= 15 is 0 Å². The molecule has 1 aromatic carbocycles. The van der Waals surface area contributed by atoms with Gasteiger partial charge in [-0.25, -0.2) is 0 Å². The number of rotatable bonds is 7. The fraction of sp³-hybridized carbons (Fsp3) is 0.429. The highest BCUT2D eigenvalue weighted by Gasteiger charge is 2.11. The zero-order valence-electron chi connectivity index (χ0n) is 11.9. The maximum absolute atomic E-state index is 11.7. The first kappa shape index (κ1) is 15.8. The van der Waals surface area contributed by atoms with E-state index in [0.717, 1.165) is 0 Å². The predicted octanol–water partition coefficient (Wildman–Crippen LogP) is 1.13. The predicted molar refractivity (Wildman–Crippen MR) is 75.7 cm³/mol. The number of anilines is 1. The molecule has 2 N–H and O–H groups in total. The van der Waals surface area contributed by atoms with Crippen LogP contribution >= 0.6 is 0 Å². The van der Waals surface area contributed by atoms with E-state index < -0.39 is 0 Å². The topological polar surface area (TPSA) is 83.4 Å². The lowest BCUT2D eigenvalue weighted by molar-refractivity contribution is -0.120. The summed E-state index contributed by atoms with van der Waals surface area (Å²) in [6, 6.07) is 7.11. The summed E-state index contributed by atoms with van der Waals surface area (Å²) in [4.78, 5) is 11.7. The minimum absolute atomic E-state index is 0.0586. The largest absolute Gasteiger partial charge is 0.495 e. The van der Waals surface area contributed by atoms with E-state index in [4.69, 9.17) is 14.7 Å². The maximum atomic E-state index is 11.7. The Hall–Kier alpha value is -2.26. The standard InChI is InChI=1S/C14H19N3O3/c1-10(9-19-2)17-13(18)8-16-14-11(7-15)5-4-6-12(14)20-3/h4-6,10,16H,8-9H2,1-3H3,(H,17,18). The van der Waals surface area contributed by atoms with E-state index in [1.165, 1.54) is 7.11 Å². The van der Waals surface area contributed by atoms with Gasteiger partial charge in [-0.3, -0.25) is 4.79 Å². The molecule has 0 aliphatic rings. The lowest BCUT2D eigenvalue weighted by Gasteiger charge is -2.15. The Kier molecular flexibility index (Phi) is 6.33. The lowest BCUT2D eigenvalue weighted by Crippen LogP contribution is -2.39. The van der Waals surface area contributed by atoms with E-state index in [2.05, 4.69) is 16.7 Å². The molecule has 0 aromatic heterocycles. The molecule has 20 heavy (non-hydrogen) atoms. The molecule has 1 rings (SSSR count). The molecule has 0 aliphatic carbocycles. The van der Waals surface area contributed by atoms with Crippen molar-refractivity contribution in [2.75, 3.05) is 32.7 Å². The third-order valence-corrected chi connectivity index (χ3v) is 2.62. The highest BCUT2D eigenvalue weighted by Crippen LogP contribution is 2.27. The van der Waals surface area contributed by atoms with Gasteiger partial charge in [0, 0.05) is 13.2 Å². The second-order valence-electron chi connectivity index (χ2n) is 4.27. The summed E-state index contributed by atoms with van der Waals surface area (Å²) >= 11 is 0. The minimum atomic E-state index is -0.177. The van der Waals surface area contributed by atoms with Crippen LogP contribution in [0, 0.1) is 11.3 Å². The van der Waals surface area contributed by atoms with Crippen molar-refractivity contribution in [3.63, 3.8) is 0 Å². The normalized spacial score (nSPS) is 11.3. The van der Waals surface area contributed by atoms with Gasteiger partial charge < -0.3 is 20.1 Å². The third-order valence-electron chi connectivity index (χ3n) is 2.62. The summed E-state index contributed by atoms with van der Waals surface area (Å²) in [6.07, 6.45) is 0. The van der Waals surface area contributed by atoms with Gasteiger partial charge in [-0.2, -0.15) is 5.26 Å². The van der Waals surface area contributed by atoms with E-state index in [1.54, 1.807) is 25.3 Å². The van der Waals surface area contributed by atoms with Crippen LogP contribution < -0.4 is 15.4 Å². The van der Waals surface area contributed by atoms with Crippen molar-refractivity contribution in [1.29, 1.82) is 5.26 Å². The fourth-order valence-corrected chi connectivity index (χ4v) is 1.76. The molecule has 6 nitrogen and oxygen atoms in total. The molecule has 1 atom stereocenters. The molecular weight excluding hydrogens is 258 g/mol. The monoisotopic (exact) mass is 277 g/mol. The second-order valence-corrected chi connectivity index (χ2v) is 4.27. The van der Waals surface area contributed by atoms with Crippen molar-refractivity contribution in [1.82, 2.24) is 5.32 Å². The molecule has 0 radical (unpaired) electrons. The van der Waals surface area contributed by atoms with Crippen LogP contribution in [0.2, 0.25) is 0 Å². The van der Waals surface area contributed by atoms with Crippen molar-refractivity contribution in [2.45, 2.75) is 13.0 Å². The first-order valence-corrected chi connectivity index (χ1v) is 6.21. The van der Waals surface area contributed by atoms with E-state index in [0.29, 0.717) is 23.6 Å². The van der Waals surface area contributed by atoms with Crippen LogP contribution in [0.25, 0.3) is 0 Å². The number of methoxy groups -OCH3 is 2. The quantitative estimate of drug-likeness (QED) is 0.780. The highest BCUT2D eigenvalue weighted by molar-refractivity contribution is 5.82. The second kappa shape index (κ2) is 8.02. The van der Waals surface area contributed by atoms with Crippen LogP contribution in [0.1, 0.15) is 12.5 Å². The Labute approximate surface area is 118 Å². The van der Waals surface area contributed by atoms with Crippen LogP contribution in [0.4, 0.5) is 5.69 Å². The molecule has 0 aliphatic heterocycles. The molecule has 1 amide bonds. The van der Waals surface area contributed by atoms with Crippen LogP contribution in [-0.2, 0) is 9.53 Å². The SMILES string of the molecule is COCC(C)NC(=O)CNc1c(C#N)cccc1OC. The summed E-state index contributed by atoms with van der Waals surface area (Å²) in [6.45, 7) is 2.36. The van der Waals surface area contributed by atoms with Gasteiger partial charge in [0.1, 0.15) is 11.8 Å². The Morgan fingerprint density at radius 3 is 2.80 bits per heavy atom. The average molecular weight is 277 g/mol. The van der Waals surface area contributed by atoms with E-state index in [1.807, 2.05) is 6.92 Å². The first-order valence-electron chi connectivity index (χ1n) is 6.21. The summed E-state index contributed by atoms with van der Waals surface area (Å²) in [5.41, 5.74) is 0.953. The van der Waals surface area contributed by atoms with Gasteiger partial charge in [0.2, 0.25) is 5.91 Å². The molecule has 1 unspecified atom stereocenters. The summed E-state index contributed by atoms with van der Waals surface area (Å²) in [7, 11) is 3.09. The molecule has 0 bridgehead atoms. The number of hydrogen-bond acceptors (Lipinski definition) is 5. The number of nitrogens with zero attached hydrogens (tertiary/aromatic N) is 1. The third kappa shape index (κ3) is 4.44. The zero-order chi connectivity index (χ0) is 15.0. The van der Waals surface area contributed by atoms with Gasteiger partial charge in [-0.15, -0.1) is 0 Å². The molecule has 0 saturated carbocycles. The Bertz CT molecular complexity index is 497. The number of nitrogens with one attached hydrogen (secondary N) is 2. The summed E-state index contributed by atoms with van der Waals surface area (Å²) in [5, 5.41) is 14.8. The van der Waals surface area contributed by atoms with Gasteiger partial charge in [0.15, 0.2) is 0 Å². The molecule has 0 saturated heterocycles. The van der Waals surface area contributed by atoms with E-state index in [-0.39, 0.29) is 18.5 Å².